The molecule has 2 N–H and O–H groups in total. The molecule has 1 aromatic carbocycles. The monoisotopic (exact) mass is 330 g/mol. The van der Waals surface area contributed by atoms with Crippen LogP contribution in [0.1, 0.15) is 41.0 Å². The second-order valence-corrected chi connectivity index (χ2v) is 6.39. The zero-order valence-electron chi connectivity index (χ0n) is 14.1. The molecule has 2 aromatic rings. The van der Waals surface area contributed by atoms with Gasteiger partial charge < -0.3 is 10.6 Å². The topological polar surface area (TPSA) is 64.2 Å². The van der Waals surface area contributed by atoms with Crippen LogP contribution in [-0.2, 0) is 0 Å². The maximum Gasteiger partial charge on any atom is 0.254 e. The van der Waals surface area contributed by atoms with Crippen LogP contribution in [0.5, 0.6) is 0 Å². The fourth-order valence-corrected chi connectivity index (χ4v) is 3.36. The Balaban J connectivity index is 1.89. The van der Waals surface area contributed by atoms with Crippen molar-refractivity contribution >= 4 is 5.91 Å². The predicted octanol–water partition coefficient (Wildman–Crippen LogP) is 2.58. The molecular weight excluding hydrogens is 307 g/mol. The van der Waals surface area contributed by atoms with Gasteiger partial charge in [0.05, 0.1) is 5.69 Å². The lowest BCUT2D eigenvalue weighted by Crippen LogP contribution is -2.47. The molecule has 0 saturated carbocycles. The number of nitrogens with two attached hydrogens (primary N) is 1. The lowest BCUT2D eigenvalue weighted by Gasteiger charge is -2.35. The molecule has 1 atom stereocenters. The Morgan fingerprint density at radius 3 is 2.75 bits per heavy atom. The minimum Gasteiger partial charge on any atom is -0.334 e. The summed E-state index contributed by atoms with van der Waals surface area (Å²) in [5.74, 6) is -0.600. The summed E-state index contributed by atoms with van der Waals surface area (Å²) in [7, 11) is 0. The molecule has 3 rings (SSSR count). The average Bonchev–Trinajstić information content (AvgIpc) is 2.92. The second kappa shape index (κ2) is 6.73. The normalized spacial score (nSPS) is 18.0. The summed E-state index contributed by atoms with van der Waals surface area (Å²) in [6.45, 7) is 4.86. The molecule has 1 aliphatic heterocycles. The van der Waals surface area contributed by atoms with Crippen molar-refractivity contribution in [1.82, 2.24) is 14.7 Å². The number of carbonyl (C=O) groups is 1. The molecule has 6 heteroatoms. The van der Waals surface area contributed by atoms with E-state index in [0.717, 1.165) is 30.7 Å². The number of aryl methyl sites for hydroxylation is 2. The maximum atomic E-state index is 14.6. The van der Waals surface area contributed by atoms with E-state index in [2.05, 4.69) is 5.10 Å². The van der Waals surface area contributed by atoms with Crippen LogP contribution in [0.4, 0.5) is 4.39 Å². The number of benzene rings is 1. The molecule has 1 aliphatic rings. The van der Waals surface area contributed by atoms with Crippen LogP contribution in [0.25, 0.3) is 5.69 Å². The average molecular weight is 330 g/mol. The molecule has 0 spiro atoms. The van der Waals surface area contributed by atoms with Crippen LogP contribution in [-0.4, -0.2) is 39.7 Å². The Morgan fingerprint density at radius 1 is 1.33 bits per heavy atom. The van der Waals surface area contributed by atoms with Crippen molar-refractivity contribution in [2.24, 2.45) is 5.73 Å². The summed E-state index contributed by atoms with van der Waals surface area (Å²) in [6, 6.07) is 6.52. The van der Waals surface area contributed by atoms with Crippen LogP contribution in [0.2, 0.25) is 0 Å². The zero-order valence-corrected chi connectivity index (χ0v) is 14.1. The Kier molecular flexibility index (Phi) is 4.66. The molecule has 0 unspecified atom stereocenters. The SMILES string of the molecule is Cc1cc(C)n(-c2ccc(C(=O)N3CCCC[C@@H]3CN)cc2F)n1. The third-order valence-electron chi connectivity index (χ3n) is 4.59. The highest BCUT2D eigenvalue weighted by Crippen LogP contribution is 2.22. The number of piperidine rings is 1. The zero-order chi connectivity index (χ0) is 17.3. The number of amides is 1. The van der Waals surface area contributed by atoms with Crippen molar-refractivity contribution in [2.45, 2.75) is 39.2 Å². The highest BCUT2D eigenvalue weighted by Gasteiger charge is 2.27. The van der Waals surface area contributed by atoms with Crippen LogP contribution in [0.15, 0.2) is 24.3 Å². The highest BCUT2D eigenvalue weighted by atomic mass is 19.1. The first-order valence-electron chi connectivity index (χ1n) is 8.35. The number of likely N-dealkylation sites (tertiary alicyclic amines) is 1. The summed E-state index contributed by atoms with van der Waals surface area (Å²) in [5.41, 5.74) is 8.17. The first kappa shape index (κ1) is 16.6. The van der Waals surface area contributed by atoms with Crippen molar-refractivity contribution in [3.8, 4) is 5.69 Å². The van der Waals surface area contributed by atoms with Gasteiger partial charge in [0.2, 0.25) is 0 Å². The Labute approximate surface area is 141 Å². The predicted molar refractivity (Wildman–Crippen MR) is 90.7 cm³/mol. The first-order valence-corrected chi connectivity index (χ1v) is 8.35. The molecule has 1 aromatic heterocycles. The molecule has 1 saturated heterocycles. The van der Waals surface area contributed by atoms with E-state index in [1.165, 1.54) is 6.07 Å². The van der Waals surface area contributed by atoms with Crippen LogP contribution >= 0.6 is 0 Å². The summed E-state index contributed by atoms with van der Waals surface area (Å²) in [4.78, 5) is 14.5. The van der Waals surface area contributed by atoms with Crippen molar-refractivity contribution in [3.05, 3.63) is 47.0 Å². The number of carbonyl (C=O) groups excluding carboxylic acids is 1. The molecule has 0 bridgehead atoms. The number of hydrogen-bond acceptors (Lipinski definition) is 3. The number of nitrogens with zero attached hydrogens (tertiary/aromatic N) is 3. The van der Waals surface area contributed by atoms with E-state index in [1.807, 2.05) is 19.9 Å². The van der Waals surface area contributed by atoms with E-state index in [1.54, 1.807) is 21.7 Å². The fourth-order valence-electron chi connectivity index (χ4n) is 3.36. The molecule has 1 amide bonds. The molecule has 1 fully saturated rings. The summed E-state index contributed by atoms with van der Waals surface area (Å²) >= 11 is 0. The van der Waals surface area contributed by atoms with Gasteiger partial charge in [0.1, 0.15) is 11.5 Å². The van der Waals surface area contributed by atoms with Gasteiger partial charge in [0.15, 0.2) is 0 Å². The van der Waals surface area contributed by atoms with Crippen LogP contribution < -0.4 is 5.73 Å². The van der Waals surface area contributed by atoms with Crippen LogP contribution in [0, 0.1) is 19.7 Å². The minimum atomic E-state index is -0.451. The van der Waals surface area contributed by atoms with Gasteiger partial charge in [-0.3, -0.25) is 4.79 Å². The summed E-state index contributed by atoms with van der Waals surface area (Å²) < 4.78 is 16.1. The lowest BCUT2D eigenvalue weighted by molar-refractivity contribution is 0.0623. The Bertz CT molecular complexity index is 755. The number of hydrogen-bond donors (Lipinski definition) is 1. The smallest absolute Gasteiger partial charge is 0.254 e. The lowest BCUT2D eigenvalue weighted by atomic mass is 10.0. The summed E-state index contributed by atoms with van der Waals surface area (Å²) in [5, 5.41) is 4.30. The largest absolute Gasteiger partial charge is 0.334 e. The van der Waals surface area contributed by atoms with E-state index in [9.17, 15) is 9.18 Å². The van der Waals surface area contributed by atoms with Crippen LogP contribution in [0.3, 0.4) is 0 Å². The van der Waals surface area contributed by atoms with E-state index < -0.39 is 5.82 Å². The maximum absolute atomic E-state index is 14.6. The fraction of sp³-hybridized carbons (Fsp3) is 0.444. The van der Waals surface area contributed by atoms with Crippen molar-refractivity contribution in [3.63, 3.8) is 0 Å². The molecule has 0 aliphatic carbocycles. The Morgan fingerprint density at radius 2 is 2.12 bits per heavy atom. The third-order valence-corrected chi connectivity index (χ3v) is 4.59. The Hall–Kier alpha value is -2.21. The van der Waals surface area contributed by atoms with Gasteiger partial charge in [-0.2, -0.15) is 5.10 Å². The van der Waals surface area contributed by atoms with Crippen molar-refractivity contribution < 1.29 is 9.18 Å². The van der Waals surface area contributed by atoms with Gasteiger partial charge in [-0.1, -0.05) is 0 Å². The van der Waals surface area contributed by atoms with E-state index in [-0.39, 0.29) is 11.9 Å². The highest BCUT2D eigenvalue weighted by molar-refractivity contribution is 5.94. The molecule has 5 nitrogen and oxygen atoms in total. The second-order valence-electron chi connectivity index (χ2n) is 6.39. The van der Waals surface area contributed by atoms with E-state index >= 15 is 0 Å². The first-order chi connectivity index (χ1) is 11.5. The molecule has 128 valence electrons. The van der Waals surface area contributed by atoms with Gasteiger partial charge in [0.25, 0.3) is 5.91 Å². The molecular formula is C18H23FN4O. The van der Waals surface area contributed by atoms with Gasteiger partial charge in [-0.15, -0.1) is 0 Å². The molecule has 24 heavy (non-hydrogen) atoms. The number of halogens is 1. The van der Waals surface area contributed by atoms with Gasteiger partial charge >= 0.3 is 0 Å². The minimum absolute atomic E-state index is 0.0463. The van der Waals surface area contributed by atoms with Crippen molar-refractivity contribution in [1.29, 1.82) is 0 Å². The molecule has 2 heterocycles. The van der Waals surface area contributed by atoms with Gasteiger partial charge in [-0.05, 0) is 57.4 Å². The van der Waals surface area contributed by atoms with E-state index in [0.29, 0.717) is 24.3 Å². The molecule has 0 radical (unpaired) electrons. The summed E-state index contributed by atoms with van der Waals surface area (Å²) in [6.07, 6.45) is 2.96. The number of rotatable bonds is 3. The van der Waals surface area contributed by atoms with Crippen molar-refractivity contribution in [2.75, 3.05) is 13.1 Å². The number of aromatic nitrogens is 2. The third kappa shape index (κ3) is 3.06. The van der Waals surface area contributed by atoms with Gasteiger partial charge in [-0.25, -0.2) is 9.07 Å². The standard InChI is InChI=1S/C18H23FN4O/c1-12-9-13(2)23(21-12)17-7-6-14(10-16(17)19)18(24)22-8-4-3-5-15(22)11-20/h6-7,9-10,15H,3-5,8,11,20H2,1-2H3/t15-/m1/s1. The van der Waals surface area contributed by atoms with E-state index in [4.69, 9.17) is 5.73 Å². The van der Waals surface area contributed by atoms with Gasteiger partial charge in [0, 0.05) is 30.4 Å². The quantitative estimate of drug-likeness (QED) is 0.941.